The highest BCUT2D eigenvalue weighted by molar-refractivity contribution is 9.10. The number of halogens is 1. The number of aromatic nitrogens is 2. The molecule has 1 saturated heterocycles. The van der Waals surface area contributed by atoms with Crippen LogP contribution in [0.5, 0.6) is 11.5 Å². The maximum absolute atomic E-state index is 13.1. The number of carbonyl (C=O) groups is 1. The van der Waals surface area contributed by atoms with Crippen LogP contribution in [-0.2, 0) is 10.3 Å². The van der Waals surface area contributed by atoms with E-state index in [1.807, 2.05) is 12.1 Å². The van der Waals surface area contributed by atoms with Crippen LogP contribution >= 0.6 is 15.9 Å². The van der Waals surface area contributed by atoms with Crippen molar-refractivity contribution in [3.63, 3.8) is 0 Å². The normalized spacial score (nSPS) is 14.7. The van der Waals surface area contributed by atoms with Crippen molar-refractivity contribution >= 4 is 38.0 Å². The van der Waals surface area contributed by atoms with E-state index in [9.17, 15) is 18.3 Å². The summed E-state index contributed by atoms with van der Waals surface area (Å²) >= 11 is 3.30. The van der Waals surface area contributed by atoms with Crippen molar-refractivity contribution in [2.45, 2.75) is 18.9 Å². The number of aromatic hydroxyl groups is 1. The number of nitrogens with two attached hydrogens (primary N) is 1. The van der Waals surface area contributed by atoms with Gasteiger partial charge in [0.25, 0.3) is 0 Å². The second-order valence-corrected chi connectivity index (χ2v) is 10.0. The number of imidazole rings is 1. The van der Waals surface area contributed by atoms with E-state index in [4.69, 9.17) is 9.32 Å². The van der Waals surface area contributed by atoms with Gasteiger partial charge in [0.15, 0.2) is 0 Å². The SMILES string of the molecule is CN(C(=O)n1cnc(-c2cccc(OS(N)(=O)=O)c2)c1)C1CCN(c2ccc(Br)c(O)c2)CC1. The lowest BCUT2D eigenvalue weighted by atomic mass is 10.0. The first-order valence-electron chi connectivity index (χ1n) is 10.5. The lowest BCUT2D eigenvalue weighted by Gasteiger charge is -2.37. The van der Waals surface area contributed by atoms with Gasteiger partial charge >= 0.3 is 16.3 Å². The van der Waals surface area contributed by atoms with Crippen LogP contribution in [-0.4, -0.2) is 60.2 Å². The van der Waals surface area contributed by atoms with E-state index in [0.717, 1.165) is 31.6 Å². The molecule has 1 aliphatic heterocycles. The molecule has 0 spiro atoms. The van der Waals surface area contributed by atoms with Crippen molar-refractivity contribution in [3.05, 3.63) is 59.5 Å². The first kappa shape index (κ1) is 24.0. The van der Waals surface area contributed by atoms with Crippen LogP contribution in [0.2, 0.25) is 0 Å². The Hall–Kier alpha value is -3.09. The molecular formula is C22H24BrN5O5S. The molecule has 0 aliphatic carbocycles. The number of hydrogen-bond donors (Lipinski definition) is 2. The molecule has 3 N–H and O–H groups in total. The molecule has 2 heterocycles. The van der Waals surface area contributed by atoms with Crippen LogP contribution in [0.4, 0.5) is 10.5 Å². The van der Waals surface area contributed by atoms with E-state index in [-0.39, 0.29) is 23.6 Å². The number of phenolic OH excluding ortho intramolecular Hbond substituents is 1. The van der Waals surface area contributed by atoms with Gasteiger partial charge in [-0.3, -0.25) is 4.57 Å². The Morgan fingerprint density at radius 2 is 1.97 bits per heavy atom. The zero-order valence-corrected chi connectivity index (χ0v) is 20.7. The van der Waals surface area contributed by atoms with Crippen LogP contribution in [0.25, 0.3) is 11.3 Å². The number of phenols is 1. The van der Waals surface area contributed by atoms with Crippen molar-refractivity contribution < 1.29 is 22.5 Å². The quantitative estimate of drug-likeness (QED) is 0.499. The largest absolute Gasteiger partial charge is 0.507 e. The third-order valence-corrected chi connectivity index (χ3v) is 6.85. The van der Waals surface area contributed by atoms with Gasteiger partial charge in [0.2, 0.25) is 0 Å². The van der Waals surface area contributed by atoms with Crippen molar-refractivity contribution in [1.82, 2.24) is 14.5 Å². The monoisotopic (exact) mass is 549 g/mol. The number of hydrogen-bond acceptors (Lipinski definition) is 7. The minimum atomic E-state index is -4.14. The summed E-state index contributed by atoms with van der Waals surface area (Å²) in [7, 11) is -2.37. The van der Waals surface area contributed by atoms with Crippen LogP contribution in [0.1, 0.15) is 12.8 Å². The molecule has 0 bridgehead atoms. The predicted molar refractivity (Wildman–Crippen MR) is 131 cm³/mol. The van der Waals surface area contributed by atoms with E-state index >= 15 is 0 Å². The average Bonchev–Trinajstić information content (AvgIpc) is 3.29. The number of carbonyl (C=O) groups excluding carboxylic acids is 1. The first-order valence-corrected chi connectivity index (χ1v) is 12.7. The third-order valence-electron chi connectivity index (χ3n) is 5.75. The predicted octanol–water partition coefficient (Wildman–Crippen LogP) is 3.17. The van der Waals surface area contributed by atoms with Gasteiger partial charge in [-0.05, 0) is 53.0 Å². The van der Waals surface area contributed by atoms with Crippen LogP contribution < -0.4 is 14.2 Å². The molecule has 1 amide bonds. The summed E-state index contributed by atoms with van der Waals surface area (Å²) in [5.41, 5.74) is 2.02. The van der Waals surface area contributed by atoms with Gasteiger partial charge < -0.3 is 19.1 Å². The summed E-state index contributed by atoms with van der Waals surface area (Å²) in [6.45, 7) is 1.52. The zero-order chi connectivity index (χ0) is 24.5. The van der Waals surface area contributed by atoms with Gasteiger partial charge in [-0.2, -0.15) is 13.6 Å². The second-order valence-electron chi connectivity index (χ2n) is 8.02. The lowest BCUT2D eigenvalue weighted by molar-refractivity contribution is 0.181. The molecule has 34 heavy (non-hydrogen) atoms. The highest BCUT2D eigenvalue weighted by Crippen LogP contribution is 2.31. The minimum Gasteiger partial charge on any atom is -0.507 e. The standard InChI is InChI=1S/C22H24BrN5O5S/c1-26(16-7-9-27(10-8-16)17-5-6-19(23)21(29)12-17)22(30)28-13-20(25-14-28)15-3-2-4-18(11-15)33-34(24,31)32/h2-6,11-14,16,29H,7-10H2,1H3,(H2,24,31,32). The Labute approximate surface area is 205 Å². The fraction of sp³-hybridized carbons (Fsp3) is 0.273. The summed E-state index contributed by atoms with van der Waals surface area (Å²) in [5.74, 6) is 0.258. The molecular weight excluding hydrogens is 526 g/mol. The molecule has 1 fully saturated rings. The molecule has 0 radical (unpaired) electrons. The topological polar surface area (TPSA) is 131 Å². The van der Waals surface area contributed by atoms with Crippen molar-refractivity contribution in [2.24, 2.45) is 5.14 Å². The van der Waals surface area contributed by atoms with E-state index in [1.165, 1.54) is 23.0 Å². The Bertz CT molecular complexity index is 1300. The fourth-order valence-electron chi connectivity index (χ4n) is 3.97. The molecule has 0 unspecified atom stereocenters. The second kappa shape index (κ2) is 9.65. The Balaban J connectivity index is 1.40. The zero-order valence-electron chi connectivity index (χ0n) is 18.3. The highest BCUT2D eigenvalue weighted by atomic mass is 79.9. The van der Waals surface area contributed by atoms with Gasteiger partial charge in [-0.1, -0.05) is 12.1 Å². The minimum absolute atomic E-state index is 0.0591. The molecule has 12 heteroatoms. The number of anilines is 1. The molecule has 0 saturated carbocycles. The van der Waals surface area contributed by atoms with Crippen LogP contribution in [0.3, 0.4) is 0 Å². The summed E-state index contributed by atoms with van der Waals surface area (Å²) in [4.78, 5) is 21.2. The molecule has 4 rings (SSSR count). The Morgan fingerprint density at radius 1 is 1.24 bits per heavy atom. The summed E-state index contributed by atoms with van der Waals surface area (Å²) < 4.78 is 29.1. The molecule has 1 aromatic heterocycles. The molecule has 2 aromatic carbocycles. The van der Waals surface area contributed by atoms with Gasteiger partial charge in [0.1, 0.15) is 17.8 Å². The summed E-state index contributed by atoms with van der Waals surface area (Å²) in [6.07, 6.45) is 4.59. The van der Waals surface area contributed by atoms with Crippen molar-refractivity contribution in [3.8, 4) is 22.8 Å². The van der Waals surface area contributed by atoms with E-state index < -0.39 is 10.3 Å². The Morgan fingerprint density at radius 3 is 2.65 bits per heavy atom. The molecule has 180 valence electrons. The van der Waals surface area contributed by atoms with Crippen molar-refractivity contribution in [2.75, 3.05) is 25.0 Å². The van der Waals surface area contributed by atoms with Gasteiger partial charge in [-0.15, -0.1) is 0 Å². The van der Waals surface area contributed by atoms with Gasteiger partial charge in [-0.25, -0.2) is 9.78 Å². The fourth-order valence-corrected chi connectivity index (χ4v) is 4.58. The number of rotatable bonds is 5. The van der Waals surface area contributed by atoms with E-state index in [1.54, 1.807) is 36.3 Å². The van der Waals surface area contributed by atoms with Crippen LogP contribution in [0.15, 0.2) is 59.5 Å². The maximum atomic E-state index is 13.1. The summed E-state index contributed by atoms with van der Waals surface area (Å²) in [6, 6.07) is 11.6. The van der Waals surface area contributed by atoms with Gasteiger partial charge in [0, 0.05) is 49.7 Å². The lowest BCUT2D eigenvalue weighted by Crippen LogP contribution is -2.46. The molecule has 3 aromatic rings. The maximum Gasteiger partial charge on any atom is 0.380 e. The molecule has 10 nitrogen and oxygen atoms in total. The number of amides is 1. The highest BCUT2D eigenvalue weighted by Gasteiger charge is 2.27. The third kappa shape index (κ3) is 5.51. The van der Waals surface area contributed by atoms with Crippen LogP contribution in [0, 0.1) is 0 Å². The first-order chi connectivity index (χ1) is 16.1. The number of nitrogens with zero attached hydrogens (tertiary/aromatic N) is 4. The van der Waals surface area contributed by atoms with Gasteiger partial charge in [0.05, 0.1) is 10.2 Å². The van der Waals surface area contributed by atoms with E-state index in [0.29, 0.717) is 15.7 Å². The smallest absolute Gasteiger partial charge is 0.380 e. The van der Waals surface area contributed by atoms with Crippen molar-refractivity contribution in [1.29, 1.82) is 0 Å². The number of benzene rings is 2. The number of piperidine rings is 1. The summed E-state index contributed by atoms with van der Waals surface area (Å²) in [5, 5.41) is 14.9. The van der Waals surface area contributed by atoms with E-state index in [2.05, 4.69) is 25.8 Å². The molecule has 1 aliphatic rings. The molecule has 0 atom stereocenters. The Kier molecular flexibility index (Phi) is 6.82. The average molecular weight is 550 g/mol.